The third-order valence-corrected chi connectivity index (χ3v) is 18.7. The average molecular weight is 1520 g/mol. The maximum atomic E-state index is 12.9. The molecule has 46 nitrogen and oxygen atoms in total. The Kier molecular flexibility index (Phi) is 30.9. The summed E-state index contributed by atoms with van der Waals surface area (Å²) in [6, 6.07) is -8.78. The molecule has 600 valence electrons. The van der Waals surface area contributed by atoms with Crippen molar-refractivity contribution in [2.75, 3.05) is 52.9 Å². The van der Waals surface area contributed by atoms with Gasteiger partial charge in [-0.15, -0.1) is 0 Å². The molecule has 0 aromatic heterocycles. The lowest BCUT2D eigenvalue weighted by atomic mass is 9.93. The van der Waals surface area contributed by atoms with Crippen molar-refractivity contribution in [3.05, 3.63) is 0 Å². The van der Waals surface area contributed by atoms with Crippen molar-refractivity contribution in [2.45, 2.75) is 280 Å². The van der Waals surface area contributed by atoms with Crippen molar-refractivity contribution < 1.29 is 202 Å². The number of nitrogens with one attached hydrogen (secondary N) is 5. The lowest BCUT2D eigenvalue weighted by Crippen LogP contribution is -2.71. The van der Waals surface area contributed by atoms with Gasteiger partial charge in [0.05, 0.1) is 52.9 Å². The Morgan fingerprint density at radius 2 is 0.510 bits per heavy atom. The zero-order valence-corrected chi connectivity index (χ0v) is 56.3. The second kappa shape index (κ2) is 37.5. The molecular weight excluding hydrogens is 1420 g/mol. The molecule has 0 aromatic carbocycles. The molecule has 8 saturated heterocycles. The minimum atomic E-state index is -2.51. The Morgan fingerprint density at radius 1 is 0.250 bits per heavy atom. The van der Waals surface area contributed by atoms with Gasteiger partial charge in [0, 0.05) is 34.6 Å². The van der Waals surface area contributed by atoms with E-state index >= 15 is 0 Å². The molecule has 46 heteroatoms. The minimum Gasteiger partial charge on any atom is -0.394 e. The largest absolute Gasteiger partial charge is 0.394 e. The summed E-state index contributed by atoms with van der Waals surface area (Å²) in [5, 5.41) is 245. The van der Waals surface area contributed by atoms with Gasteiger partial charge in [-0.25, -0.2) is 0 Å². The van der Waals surface area contributed by atoms with Gasteiger partial charge in [-0.05, 0) is 0 Å². The van der Waals surface area contributed by atoms with E-state index in [0.717, 1.165) is 34.6 Å². The van der Waals surface area contributed by atoms with Crippen LogP contribution >= 0.6 is 0 Å². The van der Waals surface area contributed by atoms with Crippen molar-refractivity contribution >= 4 is 29.5 Å². The molecule has 0 saturated carbocycles. The molecule has 8 heterocycles. The molecule has 8 aliphatic heterocycles. The van der Waals surface area contributed by atoms with Gasteiger partial charge in [0.25, 0.3) is 0 Å². The first kappa shape index (κ1) is 85.5. The molecule has 8 fully saturated rings. The highest BCUT2D eigenvalue weighted by atomic mass is 16.8. The number of rotatable bonds is 27. The molecule has 5 amide bonds. The van der Waals surface area contributed by atoms with Gasteiger partial charge in [-0.3, -0.25) is 24.0 Å². The number of amides is 5. The Balaban J connectivity index is 1.14. The summed E-state index contributed by atoms with van der Waals surface area (Å²) in [6.07, 6.45) is -71.2. The zero-order chi connectivity index (χ0) is 76.8. The van der Waals surface area contributed by atoms with E-state index in [0.29, 0.717) is 0 Å². The monoisotopic (exact) mass is 1520 g/mol. The van der Waals surface area contributed by atoms with E-state index in [9.17, 15) is 131 Å². The number of carbonyl (C=O) groups excluding carboxylic acids is 5. The summed E-state index contributed by atoms with van der Waals surface area (Å²) in [6.45, 7) is -3.56. The third kappa shape index (κ3) is 19.2. The predicted octanol–water partition coefficient (Wildman–Crippen LogP) is -17.7. The van der Waals surface area contributed by atoms with Gasteiger partial charge in [0.2, 0.25) is 29.5 Å². The molecule has 1 unspecified atom stereocenters. The van der Waals surface area contributed by atoms with E-state index in [2.05, 4.69) is 26.6 Å². The lowest BCUT2D eigenvalue weighted by molar-refractivity contribution is -0.396. The number of carbonyl (C=O) groups is 5. The van der Waals surface area contributed by atoms with E-state index in [1.54, 1.807) is 0 Å². The molecular formula is C58H97N5O41. The zero-order valence-electron chi connectivity index (χ0n) is 56.3. The molecule has 40 atom stereocenters. The summed E-state index contributed by atoms with van der Waals surface area (Å²) in [5.41, 5.74) is 0. The van der Waals surface area contributed by atoms with Crippen molar-refractivity contribution in [1.29, 1.82) is 0 Å². The fraction of sp³-hybridized carbons (Fsp3) is 0.914. The highest BCUT2D eigenvalue weighted by Gasteiger charge is 2.60. The molecule has 0 bridgehead atoms. The Bertz CT molecular complexity index is 2770. The fourth-order valence-electron chi connectivity index (χ4n) is 13.4. The highest BCUT2D eigenvalue weighted by molar-refractivity contribution is 5.75. The maximum Gasteiger partial charge on any atom is 0.217 e. The van der Waals surface area contributed by atoms with Gasteiger partial charge in [-0.1, -0.05) is 0 Å². The molecule has 104 heavy (non-hydrogen) atoms. The molecule has 0 spiro atoms. The number of aliphatic hydroxyl groups excluding tert-OH is 21. The van der Waals surface area contributed by atoms with Crippen LogP contribution in [-0.4, -0.2) is 435 Å². The topological polar surface area (TPSA) is 709 Å². The summed E-state index contributed by atoms with van der Waals surface area (Å²) < 4.78 is 89.3. The van der Waals surface area contributed by atoms with Crippen LogP contribution in [0.5, 0.6) is 0 Å². The number of ether oxygens (including phenoxy) is 15. The highest BCUT2D eigenvalue weighted by Crippen LogP contribution is 2.39. The van der Waals surface area contributed by atoms with Gasteiger partial charge < -0.3 is 205 Å². The SMILES string of the molecule is CC(=O)N[C@H]1[C@H](O[C@H]2[C@H](O)[C@@H](NC(C)=O)C(O)O[C@@H]2CO)O[C@H](CO)[C@@H](O[C@@H]2O[C@H](CO[C@H]3O[C@H](CO)[C@@H](O)[C@H](O)[C@@H]3O[C@@H]3O[C@H](CO)[C@@H](O[C@@H]4O[C@H](CO)[C@H](O)[C@H](O)[C@H]4NC(C)=O)[C@H](O)[C@H]3NC(C)=O)[C@@H](O)[C@H](O[C@H]3O[C@H](CO)[C@@H](O)[C@H](O)[C@@H]3O[C@@H]3O[C@H](CO)[C@@H](O)[C@H](O)[C@H]3NC(C)=O)[C@@H]2O)[C@@H]1O. The van der Waals surface area contributed by atoms with Crippen LogP contribution in [0.2, 0.25) is 0 Å². The van der Waals surface area contributed by atoms with E-state index in [4.69, 9.17) is 71.1 Å². The summed E-state index contributed by atoms with van der Waals surface area (Å²) in [7, 11) is 0. The van der Waals surface area contributed by atoms with E-state index < -0.39 is 328 Å². The van der Waals surface area contributed by atoms with Crippen LogP contribution in [-0.2, 0) is 95.0 Å². The molecule has 26 N–H and O–H groups in total. The first-order valence-electron chi connectivity index (χ1n) is 33.1. The first-order valence-corrected chi connectivity index (χ1v) is 33.1. The van der Waals surface area contributed by atoms with Crippen LogP contribution in [0.1, 0.15) is 34.6 Å². The van der Waals surface area contributed by atoms with Crippen molar-refractivity contribution in [2.24, 2.45) is 0 Å². The first-order chi connectivity index (χ1) is 49.2. The Labute approximate surface area is 589 Å². The molecule has 0 radical (unpaired) electrons. The van der Waals surface area contributed by atoms with E-state index in [-0.39, 0.29) is 0 Å². The van der Waals surface area contributed by atoms with Gasteiger partial charge in [0.15, 0.2) is 50.3 Å². The number of aliphatic hydroxyl groups is 21. The van der Waals surface area contributed by atoms with Crippen LogP contribution in [0.3, 0.4) is 0 Å². The summed E-state index contributed by atoms with van der Waals surface area (Å²) in [5.74, 6) is -4.24. The fourth-order valence-corrected chi connectivity index (χ4v) is 13.4. The number of hydrogen-bond donors (Lipinski definition) is 26. The van der Waals surface area contributed by atoms with E-state index in [1.807, 2.05) is 0 Å². The van der Waals surface area contributed by atoms with Crippen molar-refractivity contribution in [3.63, 3.8) is 0 Å². The second-order valence-corrected chi connectivity index (χ2v) is 26.1. The quantitative estimate of drug-likeness (QED) is 0.0363. The molecule has 8 aliphatic rings. The standard InChI is InChI=1S/C58H97N5O41/c1-14(71)59-27-39(83)45(23(10-68)91-51(27)89)99-54-30(62-17(4)74)41(85)47(25(12-70)96-54)101-56-44(88)48(102-58-50(43(87)35(79)22(9-67)95-58)104-53-29(61-16(3)73)38(82)33(77)20(7-65)93-53)36(80)26(98-56)13-90-57-49(42(86)34(78)21(8-66)94-57)103-55-31(63-18(5)75)40(84)46(24(11-69)97-55)100-52-28(60-15(2)72)37(81)32(76)19(6-64)92-52/h19-58,64-70,76-89H,6-13H2,1-5H3,(H,59,71)(H,60,72)(H,61,73)(H,62,74)(H,63,75)/t19-,20-,21-,22-,23-,24-,25-,26-,27-,28-,29-,30-,31-,32+,33-,34-,35-,36-,37-,38-,39-,40-,41-,42+,43+,44+,45-,46-,47-,48+,49+,50+,51?,52+,53+,54+,55+,56+,57+,58-/m1/s1. The molecule has 0 aromatic rings. The third-order valence-electron chi connectivity index (χ3n) is 18.7. The normalized spacial score (nSPS) is 47.2. The lowest BCUT2D eigenvalue weighted by Gasteiger charge is -2.51. The van der Waals surface area contributed by atoms with Gasteiger partial charge in [-0.2, -0.15) is 0 Å². The van der Waals surface area contributed by atoms with Crippen LogP contribution < -0.4 is 26.6 Å². The van der Waals surface area contributed by atoms with Gasteiger partial charge in [0.1, 0.15) is 195 Å². The van der Waals surface area contributed by atoms with Crippen LogP contribution in [0.25, 0.3) is 0 Å². The smallest absolute Gasteiger partial charge is 0.217 e. The van der Waals surface area contributed by atoms with Crippen LogP contribution in [0.15, 0.2) is 0 Å². The van der Waals surface area contributed by atoms with Crippen LogP contribution in [0, 0.1) is 0 Å². The second-order valence-electron chi connectivity index (χ2n) is 26.1. The minimum absolute atomic E-state index is 0.771. The van der Waals surface area contributed by atoms with Crippen LogP contribution in [0.4, 0.5) is 0 Å². The maximum absolute atomic E-state index is 12.9. The van der Waals surface area contributed by atoms with Crippen molar-refractivity contribution in [3.8, 4) is 0 Å². The van der Waals surface area contributed by atoms with Gasteiger partial charge >= 0.3 is 0 Å². The molecule has 0 aliphatic carbocycles. The van der Waals surface area contributed by atoms with Crippen molar-refractivity contribution in [1.82, 2.24) is 26.6 Å². The average Bonchev–Trinajstić information content (AvgIpc) is 0.773. The summed E-state index contributed by atoms with van der Waals surface area (Å²) >= 11 is 0. The summed E-state index contributed by atoms with van der Waals surface area (Å²) in [4.78, 5) is 62.6. The number of hydrogen-bond acceptors (Lipinski definition) is 41. The predicted molar refractivity (Wildman–Crippen MR) is 322 cm³/mol. The Hall–Kier alpha value is -4.09. The van der Waals surface area contributed by atoms with E-state index in [1.165, 1.54) is 0 Å². The Morgan fingerprint density at radius 3 is 0.875 bits per heavy atom. The molecule has 8 rings (SSSR count).